The van der Waals surface area contributed by atoms with E-state index in [1.54, 1.807) is 13.3 Å². The lowest BCUT2D eigenvalue weighted by Gasteiger charge is -2.06. The average Bonchev–Trinajstić information content (AvgIpc) is 3.27. The summed E-state index contributed by atoms with van der Waals surface area (Å²) in [7, 11) is 1.54. The summed E-state index contributed by atoms with van der Waals surface area (Å²) < 4.78 is 4.98. The van der Waals surface area contributed by atoms with Crippen LogP contribution in [0.3, 0.4) is 0 Å². The molecular formula is C15H16ClN5O2. The number of carbonyl (C=O) groups excluding carboxylic acids is 1. The van der Waals surface area contributed by atoms with Crippen LogP contribution in [0.5, 0.6) is 0 Å². The van der Waals surface area contributed by atoms with Crippen LogP contribution in [0.4, 0.5) is 5.82 Å². The molecule has 0 spiro atoms. The van der Waals surface area contributed by atoms with Gasteiger partial charge in [-0.3, -0.25) is 4.79 Å². The normalized spacial score (nSPS) is 19.4. The fraction of sp³-hybridized carbons (Fsp3) is 0.400. The highest BCUT2D eigenvalue weighted by atomic mass is 35.5. The van der Waals surface area contributed by atoms with E-state index in [4.69, 9.17) is 16.3 Å². The van der Waals surface area contributed by atoms with Crippen molar-refractivity contribution >= 4 is 23.3 Å². The van der Waals surface area contributed by atoms with Crippen LogP contribution in [0, 0.1) is 12.8 Å². The van der Waals surface area contributed by atoms with E-state index in [1.165, 1.54) is 6.07 Å². The molecule has 120 valence electrons. The number of aromatic nitrogens is 4. The SMILES string of the molecule is COCc1nc(Cl)cc(NC(=O)[C@H]2C[C@@H]2c2nccc(C)n2)n1. The molecular weight excluding hydrogens is 318 g/mol. The molecule has 2 aromatic rings. The number of ether oxygens (including phenoxy) is 1. The Kier molecular flexibility index (Phi) is 4.49. The van der Waals surface area contributed by atoms with Crippen molar-refractivity contribution in [3.8, 4) is 0 Å². The molecule has 0 unspecified atom stereocenters. The van der Waals surface area contributed by atoms with Crippen LogP contribution in [-0.4, -0.2) is 33.0 Å². The van der Waals surface area contributed by atoms with Gasteiger partial charge in [0.05, 0.1) is 0 Å². The monoisotopic (exact) mass is 333 g/mol. The van der Waals surface area contributed by atoms with Crippen molar-refractivity contribution in [3.63, 3.8) is 0 Å². The van der Waals surface area contributed by atoms with E-state index in [0.717, 1.165) is 12.1 Å². The van der Waals surface area contributed by atoms with Gasteiger partial charge in [-0.1, -0.05) is 11.6 Å². The third-order valence-corrected chi connectivity index (χ3v) is 3.73. The predicted molar refractivity (Wildman–Crippen MR) is 84.0 cm³/mol. The lowest BCUT2D eigenvalue weighted by atomic mass is 10.2. The van der Waals surface area contributed by atoms with Crippen LogP contribution in [-0.2, 0) is 16.1 Å². The molecule has 2 heterocycles. The zero-order valence-electron chi connectivity index (χ0n) is 12.8. The standard InChI is InChI=1S/C15H16ClN5O2/c1-8-3-4-17-14(18-8)9-5-10(9)15(22)21-12-6-11(16)19-13(20-12)7-23-2/h3-4,6,9-10H,5,7H2,1-2H3,(H,19,20,21,22)/t9-,10-/m0/s1. The van der Waals surface area contributed by atoms with Crippen molar-refractivity contribution < 1.29 is 9.53 Å². The molecule has 1 amide bonds. The average molecular weight is 334 g/mol. The predicted octanol–water partition coefficient (Wildman–Crippen LogP) is 2.12. The number of methoxy groups -OCH3 is 1. The summed E-state index contributed by atoms with van der Waals surface area (Å²) in [6.45, 7) is 2.13. The van der Waals surface area contributed by atoms with E-state index >= 15 is 0 Å². The van der Waals surface area contributed by atoms with Crippen LogP contribution in [0.1, 0.15) is 29.7 Å². The quantitative estimate of drug-likeness (QED) is 0.843. The highest BCUT2D eigenvalue weighted by Crippen LogP contribution is 2.46. The molecule has 1 aliphatic rings. The largest absolute Gasteiger partial charge is 0.377 e. The van der Waals surface area contributed by atoms with Crippen molar-refractivity contribution in [1.29, 1.82) is 0 Å². The number of anilines is 1. The number of hydrogen-bond acceptors (Lipinski definition) is 6. The fourth-order valence-corrected chi connectivity index (χ4v) is 2.56. The molecule has 7 nitrogen and oxygen atoms in total. The molecule has 0 aliphatic heterocycles. The first-order valence-corrected chi connectivity index (χ1v) is 7.57. The molecule has 1 fully saturated rings. The summed E-state index contributed by atoms with van der Waals surface area (Å²) in [6.07, 6.45) is 2.45. The van der Waals surface area contributed by atoms with E-state index in [9.17, 15) is 4.79 Å². The Balaban J connectivity index is 1.67. The second-order valence-corrected chi connectivity index (χ2v) is 5.81. The molecule has 0 bridgehead atoms. The van der Waals surface area contributed by atoms with Crippen LogP contribution in [0.15, 0.2) is 18.3 Å². The Labute approximate surface area is 138 Å². The Morgan fingerprint density at radius 1 is 1.43 bits per heavy atom. The van der Waals surface area contributed by atoms with E-state index in [0.29, 0.717) is 17.5 Å². The van der Waals surface area contributed by atoms with Crippen molar-refractivity contribution in [2.75, 3.05) is 12.4 Å². The second kappa shape index (κ2) is 6.55. The van der Waals surface area contributed by atoms with Crippen molar-refractivity contribution in [3.05, 3.63) is 40.8 Å². The summed E-state index contributed by atoms with van der Waals surface area (Å²) in [5.41, 5.74) is 0.896. The highest BCUT2D eigenvalue weighted by Gasteiger charge is 2.46. The number of halogens is 1. The van der Waals surface area contributed by atoms with Crippen LogP contribution >= 0.6 is 11.6 Å². The lowest BCUT2D eigenvalue weighted by Crippen LogP contribution is -2.17. The minimum Gasteiger partial charge on any atom is -0.377 e. The molecule has 2 aromatic heterocycles. The first kappa shape index (κ1) is 15.8. The summed E-state index contributed by atoms with van der Waals surface area (Å²) in [6, 6.07) is 3.35. The van der Waals surface area contributed by atoms with Gasteiger partial charge in [-0.25, -0.2) is 19.9 Å². The van der Waals surface area contributed by atoms with Gasteiger partial charge in [0.1, 0.15) is 23.4 Å². The Hall–Kier alpha value is -2.12. The molecule has 8 heteroatoms. The minimum atomic E-state index is -0.142. The van der Waals surface area contributed by atoms with Gasteiger partial charge in [-0.05, 0) is 19.4 Å². The lowest BCUT2D eigenvalue weighted by molar-refractivity contribution is -0.117. The number of carbonyl (C=O) groups is 1. The maximum absolute atomic E-state index is 12.3. The van der Waals surface area contributed by atoms with Gasteiger partial charge in [-0.2, -0.15) is 0 Å². The summed E-state index contributed by atoms with van der Waals surface area (Å²) >= 11 is 5.93. The first-order valence-electron chi connectivity index (χ1n) is 7.19. The van der Waals surface area contributed by atoms with E-state index in [-0.39, 0.29) is 29.5 Å². The van der Waals surface area contributed by atoms with Gasteiger partial charge < -0.3 is 10.1 Å². The number of nitrogens with one attached hydrogen (secondary N) is 1. The maximum Gasteiger partial charge on any atom is 0.229 e. The van der Waals surface area contributed by atoms with Crippen LogP contribution in [0.25, 0.3) is 0 Å². The van der Waals surface area contributed by atoms with Gasteiger partial charge in [-0.15, -0.1) is 0 Å². The van der Waals surface area contributed by atoms with E-state index in [1.807, 2.05) is 13.0 Å². The number of aryl methyl sites for hydroxylation is 1. The third-order valence-electron chi connectivity index (χ3n) is 3.54. The Morgan fingerprint density at radius 3 is 3.00 bits per heavy atom. The molecule has 0 aromatic carbocycles. The topological polar surface area (TPSA) is 89.9 Å². The number of nitrogens with zero attached hydrogens (tertiary/aromatic N) is 4. The summed E-state index contributed by atoms with van der Waals surface area (Å²) in [5.74, 6) is 1.31. The minimum absolute atomic E-state index is 0.0608. The molecule has 3 rings (SSSR count). The zero-order chi connectivity index (χ0) is 16.4. The molecule has 0 saturated heterocycles. The van der Waals surface area contributed by atoms with Gasteiger partial charge in [0, 0.05) is 36.9 Å². The molecule has 1 saturated carbocycles. The summed E-state index contributed by atoms with van der Waals surface area (Å²) in [5, 5.41) is 3.03. The summed E-state index contributed by atoms with van der Waals surface area (Å²) in [4.78, 5) is 29.2. The van der Waals surface area contributed by atoms with Gasteiger partial charge in [0.15, 0.2) is 5.82 Å². The molecule has 23 heavy (non-hydrogen) atoms. The smallest absolute Gasteiger partial charge is 0.229 e. The first-order chi connectivity index (χ1) is 11.1. The molecule has 1 N–H and O–H groups in total. The van der Waals surface area contributed by atoms with Gasteiger partial charge in [0.25, 0.3) is 0 Å². The van der Waals surface area contributed by atoms with Crippen molar-refractivity contribution in [1.82, 2.24) is 19.9 Å². The Bertz CT molecular complexity index is 740. The van der Waals surface area contributed by atoms with Gasteiger partial charge >= 0.3 is 0 Å². The van der Waals surface area contributed by atoms with Crippen molar-refractivity contribution in [2.45, 2.75) is 25.9 Å². The van der Waals surface area contributed by atoms with Gasteiger partial charge in [0.2, 0.25) is 5.91 Å². The number of rotatable bonds is 5. The number of amides is 1. The molecule has 2 atom stereocenters. The van der Waals surface area contributed by atoms with E-state index in [2.05, 4.69) is 25.3 Å². The number of hydrogen-bond donors (Lipinski definition) is 1. The highest BCUT2D eigenvalue weighted by molar-refractivity contribution is 6.29. The van der Waals surface area contributed by atoms with Crippen LogP contribution in [0.2, 0.25) is 5.15 Å². The molecule has 0 radical (unpaired) electrons. The zero-order valence-corrected chi connectivity index (χ0v) is 13.5. The Morgan fingerprint density at radius 2 is 2.26 bits per heavy atom. The van der Waals surface area contributed by atoms with Crippen LogP contribution < -0.4 is 5.32 Å². The molecule has 1 aliphatic carbocycles. The maximum atomic E-state index is 12.3. The second-order valence-electron chi connectivity index (χ2n) is 5.42. The third kappa shape index (κ3) is 3.80. The van der Waals surface area contributed by atoms with E-state index < -0.39 is 0 Å². The fourth-order valence-electron chi connectivity index (χ4n) is 2.36. The van der Waals surface area contributed by atoms with Crippen molar-refractivity contribution in [2.24, 2.45) is 5.92 Å².